The molecular formula is C23H30N4O4. The highest BCUT2D eigenvalue weighted by atomic mass is 16.6. The SMILES string of the molecule is Cn1cnc(-c2ccc(O[C@H]3C[C@H]4CC[C@@H](C3)N4C(=O)OC(C)(C)C)c(C(N)=O)c2)c1. The van der Waals surface area contributed by atoms with Gasteiger partial charge in [-0.25, -0.2) is 9.78 Å². The summed E-state index contributed by atoms with van der Waals surface area (Å²) in [7, 11) is 1.89. The number of ether oxygens (including phenoxy) is 2. The molecule has 3 atom stereocenters. The smallest absolute Gasteiger partial charge is 0.410 e. The van der Waals surface area contributed by atoms with E-state index < -0.39 is 11.5 Å². The predicted octanol–water partition coefficient (Wildman–Crippen LogP) is 3.50. The van der Waals surface area contributed by atoms with E-state index in [1.807, 2.05) is 49.5 Å². The molecule has 0 unspecified atom stereocenters. The molecule has 2 N–H and O–H groups in total. The second kappa shape index (κ2) is 7.90. The fourth-order valence-corrected chi connectivity index (χ4v) is 4.56. The Hall–Kier alpha value is -3.03. The van der Waals surface area contributed by atoms with E-state index in [-0.39, 0.29) is 24.3 Å². The van der Waals surface area contributed by atoms with Gasteiger partial charge in [0.25, 0.3) is 5.91 Å². The average Bonchev–Trinajstić information content (AvgIpc) is 3.22. The number of fused-ring (bicyclic) bond motifs is 2. The van der Waals surface area contributed by atoms with Gasteiger partial charge >= 0.3 is 6.09 Å². The lowest BCUT2D eigenvalue weighted by molar-refractivity contribution is -0.00711. The van der Waals surface area contributed by atoms with E-state index in [4.69, 9.17) is 15.2 Å². The third-order valence-corrected chi connectivity index (χ3v) is 5.83. The fraction of sp³-hybridized carbons (Fsp3) is 0.522. The lowest BCUT2D eigenvalue weighted by Gasteiger charge is -2.39. The summed E-state index contributed by atoms with van der Waals surface area (Å²) in [5.41, 5.74) is 7.04. The van der Waals surface area contributed by atoms with Crippen molar-refractivity contribution in [2.75, 3.05) is 0 Å². The molecule has 0 radical (unpaired) electrons. The van der Waals surface area contributed by atoms with Gasteiger partial charge in [-0.1, -0.05) is 0 Å². The Balaban J connectivity index is 1.49. The molecule has 166 valence electrons. The maximum Gasteiger partial charge on any atom is 0.410 e. The second-order valence-corrected chi connectivity index (χ2v) is 9.48. The van der Waals surface area contributed by atoms with Crippen molar-refractivity contribution in [2.45, 2.75) is 70.2 Å². The molecule has 8 nitrogen and oxygen atoms in total. The van der Waals surface area contributed by atoms with Crippen LogP contribution in [0, 0.1) is 0 Å². The molecule has 4 rings (SSSR count). The number of nitrogens with two attached hydrogens (primary N) is 1. The van der Waals surface area contributed by atoms with E-state index in [1.54, 1.807) is 18.5 Å². The van der Waals surface area contributed by atoms with E-state index in [2.05, 4.69) is 4.98 Å². The minimum Gasteiger partial charge on any atom is -0.489 e. The van der Waals surface area contributed by atoms with Gasteiger partial charge in [0.2, 0.25) is 0 Å². The van der Waals surface area contributed by atoms with Crippen LogP contribution in [0.2, 0.25) is 0 Å². The summed E-state index contributed by atoms with van der Waals surface area (Å²) in [5, 5.41) is 0. The van der Waals surface area contributed by atoms with Gasteiger partial charge in [0.1, 0.15) is 17.5 Å². The molecule has 1 aromatic carbocycles. The number of rotatable bonds is 4. The summed E-state index contributed by atoms with van der Waals surface area (Å²) < 4.78 is 13.7. The predicted molar refractivity (Wildman–Crippen MR) is 116 cm³/mol. The van der Waals surface area contributed by atoms with Crippen molar-refractivity contribution in [3.8, 4) is 17.0 Å². The van der Waals surface area contributed by atoms with Crippen molar-refractivity contribution in [3.05, 3.63) is 36.3 Å². The first-order valence-electron chi connectivity index (χ1n) is 10.7. The van der Waals surface area contributed by atoms with Crippen LogP contribution in [0.3, 0.4) is 0 Å². The monoisotopic (exact) mass is 426 g/mol. The largest absolute Gasteiger partial charge is 0.489 e. The van der Waals surface area contributed by atoms with Gasteiger partial charge in [-0.05, 0) is 51.8 Å². The quantitative estimate of drug-likeness (QED) is 0.807. The van der Waals surface area contributed by atoms with Crippen LogP contribution in [-0.4, -0.2) is 50.2 Å². The lowest BCUT2D eigenvalue weighted by Crippen LogP contribution is -2.50. The van der Waals surface area contributed by atoms with E-state index in [9.17, 15) is 9.59 Å². The molecule has 2 amide bonds. The molecule has 2 aliphatic rings. The molecule has 8 heteroatoms. The standard InChI is InChI=1S/C23H30N4O4/c1-23(2,3)31-22(29)27-15-6-7-16(27)11-17(10-15)30-20-8-5-14(9-18(20)21(24)28)19-12-26(4)13-25-19/h5,8-9,12-13,15-17H,6-7,10-11H2,1-4H3,(H2,24,28)/t15-,16+,17+. The van der Waals surface area contributed by atoms with Crippen LogP contribution in [0.1, 0.15) is 56.8 Å². The van der Waals surface area contributed by atoms with Gasteiger partial charge in [0.05, 0.1) is 17.6 Å². The molecular weight excluding hydrogens is 396 g/mol. The van der Waals surface area contributed by atoms with Crippen molar-refractivity contribution in [1.29, 1.82) is 0 Å². The van der Waals surface area contributed by atoms with Crippen LogP contribution in [0.5, 0.6) is 5.75 Å². The van der Waals surface area contributed by atoms with Gasteiger partial charge in [-0.15, -0.1) is 0 Å². The van der Waals surface area contributed by atoms with E-state index in [1.165, 1.54) is 0 Å². The number of aryl methyl sites for hydroxylation is 1. The first kappa shape index (κ1) is 21.2. The molecule has 0 saturated carbocycles. The van der Waals surface area contributed by atoms with Crippen molar-refractivity contribution in [1.82, 2.24) is 14.5 Å². The number of imidazole rings is 1. The highest BCUT2D eigenvalue weighted by Crippen LogP contribution is 2.39. The van der Waals surface area contributed by atoms with Crippen molar-refractivity contribution < 1.29 is 19.1 Å². The summed E-state index contributed by atoms with van der Waals surface area (Å²) in [4.78, 5) is 31.0. The summed E-state index contributed by atoms with van der Waals surface area (Å²) in [6, 6.07) is 5.57. The number of carbonyl (C=O) groups excluding carboxylic acids is 2. The normalized spacial score (nSPS) is 23.0. The second-order valence-electron chi connectivity index (χ2n) is 9.48. The number of nitrogens with zero attached hydrogens (tertiary/aromatic N) is 3. The summed E-state index contributed by atoms with van der Waals surface area (Å²) in [6.45, 7) is 5.63. The minimum atomic E-state index is -0.540. The van der Waals surface area contributed by atoms with E-state index in [0.29, 0.717) is 24.2 Å². The topological polar surface area (TPSA) is 99.7 Å². The molecule has 31 heavy (non-hydrogen) atoms. The molecule has 2 aliphatic heterocycles. The number of amides is 2. The Labute approximate surface area is 182 Å². The zero-order valence-electron chi connectivity index (χ0n) is 18.5. The van der Waals surface area contributed by atoms with Gasteiger partial charge < -0.3 is 24.7 Å². The number of primary amides is 1. The van der Waals surface area contributed by atoms with Crippen LogP contribution in [-0.2, 0) is 11.8 Å². The fourth-order valence-electron chi connectivity index (χ4n) is 4.56. The third-order valence-electron chi connectivity index (χ3n) is 5.83. The molecule has 3 heterocycles. The maximum absolute atomic E-state index is 12.7. The summed E-state index contributed by atoms with van der Waals surface area (Å²) in [6.07, 6.45) is 6.52. The molecule has 0 spiro atoms. The van der Waals surface area contributed by atoms with Gasteiger partial charge in [0.15, 0.2) is 0 Å². The van der Waals surface area contributed by atoms with Crippen molar-refractivity contribution in [2.24, 2.45) is 12.8 Å². The number of carbonyl (C=O) groups is 2. The molecule has 2 fully saturated rings. The van der Waals surface area contributed by atoms with E-state index in [0.717, 1.165) is 24.1 Å². The number of benzene rings is 1. The van der Waals surface area contributed by atoms with Crippen molar-refractivity contribution in [3.63, 3.8) is 0 Å². The molecule has 1 aromatic heterocycles. The molecule has 2 aromatic rings. The highest BCUT2D eigenvalue weighted by Gasteiger charge is 2.45. The van der Waals surface area contributed by atoms with Crippen LogP contribution >= 0.6 is 0 Å². The maximum atomic E-state index is 12.7. The summed E-state index contributed by atoms with van der Waals surface area (Å²) in [5.74, 6) is -0.0655. The van der Waals surface area contributed by atoms with Crippen LogP contribution in [0.15, 0.2) is 30.7 Å². The van der Waals surface area contributed by atoms with Gasteiger partial charge in [-0.3, -0.25) is 4.79 Å². The number of hydrogen-bond acceptors (Lipinski definition) is 5. The molecule has 2 bridgehead atoms. The zero-order valence-corrected chi connectivity index (χ0v) is 18.5. The number of aromatic nitrogens is 2. The average molecular weight is 427 g/mol. The zero-order chi connectivity index (χ0) is 22.3. The first-order chi connectivity index (χ1) is 14.6. The number of hydrogen-bond donors (Lipinski definition) is 1. The van der Waals surface area contributed by atoms with Crippen LogP contribution < -0.4 is 10.5 Å². The Morgan fingerprint density at radius 1 is 1.16 bits per heavy atom. The lowest BCUT2D eigenvalue weighted by atomic mass is 9.99. The van der Waals surface area contributed by atoms with Gasteiger partial charge in [-0.2, -0.15) is 0 Å². The molecule has 2 saturated heterocycles. The Kier molecular flexibility index (Phi) is 5.41. The number of piperidine rings is 1. The first-order valence-corrected chi connectivity index (χ1v) is 10.7. The summed E-state index contributed by atoms with van der Waals surface area (Å²) >= 11 is 0. The van der Waals surface area contributed by atoms with E-state index >= 15 is 0 Å². The third kappa shape index (κ3) is 4.52. The Morgan fingerprint density at radius 2 is 1.84 bits per heavy atom. The Morgan fingerprint density at radius 3 is 2.39 bits per heavy atom. The van der Waals surface area contributed by atoms with Crippen LogP contribution in [0.4, 0.5) is 4.79 Å². The minimum absolute atomic E-state index is 0.0865. The van der Waals surface area contributed by atoms with Crippen molar-refractivity contribution >= 4 is 12.0 Å². The Bertz CT molecular complexity index is 980. The van der Waals surface area contributed by atoms with Gasteiger partial charge in [0, 0.05) is 43.7 Å². The highest BCUT2D eigenvalue weighted by molar-refractivity contribution is 5.97. The van der Waals surface area contributed by atoms with Crippen LogP contribution in [0.25, 0.3) is 11.3 Å². The molecule has 0 aliphatic carbocycles.